The van der Waals surface area contributed by atoms with E-state index in [1.54, 1.807) is 28.8 Å². The van der Waals surface area contributed by atoms with E-state index in [9.17, 15) is 17.6 Å². The van der Waals surface area contributed by atoms with E-state index < -0.39 is 15.7 Å². The molecule has 1 aliphatic rings. The number of halogens is 1. The third-order valence-electron chi connectivity index (χ3n) is 5.80. The van der Waals surface area contributed by atoms with Gasteiger partial charge in [0, 0.05) is 23.6 Å². The Morgan fingerprint density at radius 2 is 1.94 bits per heavy atom. The highest BCUT2D eigenvalue weighted by Gasteiger charge is 2.22. The average molecular weight is 455 g/mol. The first kappa shape index (κ1) is 22.3. The van der Waals surface area contributed by atoms with E-state index in [1.807, 2.05) is 6.07 Å². The molecular formula is C25H27FN2O3S. The lowest BCUT2D eigenvalue weighted by atomic mass is 9.97. The first-order valence-corrected chi connectivity index (χ1v) is 12.6. The van der Waals surface area contributed by atoms with Crippen LogP contribution in [0.1, 0.15) is 37.7 Å². The number of amides is 1. The zero-order chi connectivity index (χ0) is 22.6. The molecule has 168 valence electrons. The second-order valence-electron chi connectivity index (χ2n) is 8.24. The number of nitrogens with one attached hydrogen (secondary N) is 1. The molecule has 0 spiro atoms. The summed E-state index contributed by atoms with van der Waals surface area (Å²) >= 11 is 0. The van der Waals surface area contributed by atoms with Gasteiger partial charge in [-0.05, 0) is 55.9 Å². The van der Waals surface area contributed by atoms with Crippen molar-refractivity contribution in [1.82, 2.24) is 9.88 Å². The Bertz CT molecular complexity index is 1260. The zero-order valence-corrected chi connectivity index (χ0v) is 18.7. The monoisotopic (exact) mass is 454 g/mol. The summed E-state index contributed by atoms with van der Waals surface area (Å²) in [5.74, 6) is -0.933. The Labute approximate surface area is 187 Å². The van der Waals surface area contributed by atoms with Crippen molar-refractivity contribution in [1.29, 1.82) is 0 Å². The van der Waals surface area contributed by atoms with Gasteiger partial charge in [-0.25, -0.2) is 12.8 Å². The quantitative estimate of drug-likeness (QED) is 0.499. The van der Waals surface area contributed by atoms with E-state index in [0.29, 0.717) is 23.0 Å². The lowest BCUT2D eigenvalue weighted by Gasteiger charge is -2.13. The molecule has 3 aromatic rings. The summed E-state index contributed by atoms with van der Waals surface area (Å²) < 4.78 is 41.4. The number of rotatable bonds is 8. The highest BCUT2D eigenvalue weighted by atomic mass is 32.2. The summed E-state index contributed by atoms with van der Waals surface area (Å²) in [6.07, 6.45) is 9.30. The predicted molar refractivity (Wildman–Crippen MR) is 123 cm³/mol. The SMILES string of the molecule is O=C(Cn1cc(S(=O)(=O)Cc2cccc(F)c2)c2ccccc21)NCCC1=CCCCC1. The van der Waals surface area contributed by atoms with Crippen LogP contribution in [0, 0.1) is 5.82 Å². The minimum atomic E-state index is -3.73. The number of fused-ring (bicyclic) bond motifs is 1. The van der Waals surface area contributed by atoms with Crippen molar-refractivity contribution in [3.05, 3.63) is 77.8 Å². The van der Waals surface area contributed by atoms with Crippen LogP contribution >= 0.6 is 0 Å². The molecule has 1 heterocycles. The van der Waals surface area contributed by atoms with Crippen LogP contribution in [-0.4, -0.2) is 25.4 Å². The average Bonchev–Trinajstić information content (AvgIpc) is 3.14. The van der Waals surface area contributed by atoms with Gasteiger partial charge < -0.3 is 9.88 Å². The molecule has 7 heteroatoms. The fourth-order valence-electron chi connectivity index (χ4n) is 4.22. The first-order chi connectivity index (χ1) is 15.4. The summed E-state index contributed by atoms with van der Waals surface area (Å²) in [6, 6.07) is 12.7. The number of allylic oxidation sites excluding steroid dienone is 1. The highest BCUT2D eigenvalue weighted by molar-refractivity contribution is 7.90. The smallest absolute Gasteiger partial charge is 0.239 e. The van der Waals surface area contributed by atoms with Crippen LogP contribution < -0.4 is 5.32 Å². The molecule has 0 aliphatic heterocycles. The lowest BCUT2D eigenvalue weighted by Crippen LogP contribution is -2.28. The normalized spacial score (nSPS) is 14.3. The molecule has 1 aromatic heterocycles. The molecule has 0 unspecified atom stereocenters. The third-order valence-corrected chi connectivity index (χ3v) is 7.51. The highest BCUT2D eigenvalue weighted by Crippen LogP contribution is 2.28. The molecular weight excluding hydrogens is 427 g/mol. The van der Waals surface area contributed by atoms with Gasteiger partial charge in [-0.3, -0.25) is 4.79 Å². The summed E-state index contributed by atoms with van der Waals surface area (Å²) in [7, 11) is -3.73. The molecule has 0 saturated heterocycles. The summed E-state index contributed by atoms with van der Waals surface area (Å²) in [6.45, 7) is 0.615. The number of nitrogens with zero attached hydrogens (tertiary/aromatic N) is 1. The fraction of sp³-hybridized carbons (Fsp3) is 0.320. The van der Waals surface area contributed by atoms with Crippen LogP contribution in [0.4, 0.5) is 4.39 Å². The number of para-hydroxylation sites is 1. The van der Waals surface area contributed by atoms with E-state index in [1.165, 1.54) is 42.8 Å². The van der Waals surface area contributed by atoms with E-state index in [4.69, 9.17) is 0 Å². The Balaban J connectivity index is 1.50. The standard InChI is InChI=1S/C25H27FN2O3S/c26-21-10-6-9-20(15-21)18-32(30,31)24-16-28(23-12-5-4-11-22(23)24)17-25(29)27-14-13-19-7-2-1-3-8-19/h4-7,9-12,15-16H,1-3,8,13-14,17-18H2,(H,27,29). The Morgan fingerprint density at radius 1 is 1.09 bits per heavy atom. The Morgan fingerprint density at radius 3 is 2.72 bits per heavy atom. The van der Waals surface area contributed by atoms with Crippen molar-refractivity contribution < 1.29 is 17.6 Å². The summed E-state index contributed by atoms with van der Waals surface area (Å²) in [4.78, 5) is 12.7. The number of hydrogen-bond acceptors (Lipinski definition) is 3. The number of hydrogen-bond donors (Lipinski definition) is 1. The number of benzene rings is 2. The molecule has 1 aliphatic carbocycles. The number of sulfone groups is 1. The Hall–Kier alpha value is -2.93. The van der Waals surface area contributed by atoms with Crippen LogP contribution in [0.3, 0.4) is 0 Å². The van der Waals surface area contributed by atoms with E-state index in [0.717, 1.165) is 19.3 Å². The minimum absolute atomic E-state index is 0.0368. The first-order valence-electron chi connectivity index (χ1n) is 10.9. The van der Waals surface area contributed by atoms with Gasteiger partial charge in [-0.1, -0.05) is 42.0 Å². The maximum absolute atomic E-state index is 13.5. The second kappa shape index (κ2) is 9.69. The van der Waals surface area contributed by atoms with Crippen LogP contribution in [-0.2, 0) is 26.9 Å². The summed E-state index contributed by atoms with van der Waals surface area (Å²) in [5.41, 5.74) is 2.46. The lowest BCUT2D eigenvalue weighted by molar-refractivity contribution is -0.121. The molecule has 1 amide bonds. The molecule has 0 fully saturated rings. The topological polar surface area (TPSA) is 68.2 Å². The molecule has 0 saturated carbocycles. The summed E-state index contributed by atoms with van der Waals surface area (Å²) in [5, 5.41) is 3.50. The maximum Gasteiger partial charge on any atom is 0.239 e. The van der Waals surface area contributed by atoms with Crippen molar-refractivity contribution >= 4 is 26.6 Å². The van der Waals surface area contributed by atoms with Crippen LogP contribution in [0.5, 0.6) is 0 Å². The van der Waals surface area contributed by atoms with Gasteiger partial charge in [0.1, 0.15) is 12.4 Å². The second-order valence-corrected chi connectivity index (χ2v) is 10.2. The van der Waals surface area contributed by atoms with Crippen molar-refractivity contribution in [2.45, 2.75) is 49.3 Å². The van der Waals surface area contributed by atoms with Gasteiger partial charge >= 0.3 is 0 Å². The number of carbonyl (C=O) groups is 1. The van der Waals surface area contributed by atoms with Gasteiger partial charge in [0.25, 0.3) is 0 Å². The number of carbonyl (C=O) groups excluding carboxylic acids is 1. The molecule has 2 aromatic carbocycles. The van der Waals surface area contributed by atoms with Gasteiger partial charge in [0.05, 0.1) is 10.6 Å². The third kappa shape index (κ3) is 5.27. The number of aromatic nitrogens is 1. The zero-order valence-electron chi connectivity index (χ0n) is 17.9. The van der Waals surface area contributed by atoms with E-state index >= 15 is 0 Å². The minimum Gasteiger partial charge on any atom is -0.354 e. The predicted octanol–water partition coefficient (Wildman–Crippen LogP) is 4.76. The molecule has 5 nitrogen and oxygen atoms in total. The molecule has 1 N–H and O–H groups in total. The fourth-order valence-corrected chi connectivity index (χ4v) is 5.79. The molecule has 0 radical (unpaired) electrons. The van der Waals surface area contributed by atoms with Gasteiger partial charge in [-0.15, -0.1) is 0 Å². The Kier molecular flexibility index (Phi) is 6.74. The molecule has 0 bridgehead atoms. The van der Waals surface area contributed by atoms with Crippen molar-refractivity contribution in [3.63, 3.8) is 0 Å². The maximum atomic E-state index is 13.5. The molecule has 32 heavy (non-hydrogen) atoms. The van der Waals surface area contributed by atoms with Crippen molar-refractivity contribution in [2.75, 3.05) is 6.54 Å². The van der Waals surface area contributed by atoms with Crippen molar-refractivity contribution in [2.24, 2.45) is 0 Å². The van der Waals surface area contributed by atoms with E-state index in [2.05, 4.69) is 11.4 Å². The molecule has 4 rings (SSSR count). The molecule has 0 atom stereocenters. The van der Waals surface area contributed by atoms with Gasteiger partial charge in [0.2, 0.25) is 5.91 Å². The largest absolute Gasteiger partial charge is 0.354 e. The van der Waals surface area contributed by atoms with Crippen LogP contribution in [0.25, 0.3) is 10.9 Å². The van der Waals surface area contributed by atoms with E-state index in [-0.39, 0.29) is 23.1 Å². The van der Waals surface area contributed by atoms with Gasteiger partial charge in [-0.2, -0.15) is 0 Å². The van der Waals surface area contributed by atoms with Crippen LogP contribution in [0.2, 0.25) is 0 Å². The van der Waals surface area contributed by atoms with Crippen molar-refractivity contribution in [3.8, 4) is 0 Å². The van der Waals surface area contributed by atoms with Crippen LogP contribution in [0.15, 0.2) is 71.3 Å². The van der Waals surface area contributed by atoms with Gasteiger partial charge in [0.15, 0.2) is 9.84 Å².